The normalized spacial score (nSPS) is 10.6. The van der Waals surface area contributed by atoms with Crippen LogP contribution in [0.25, 0.3) is 10.6 Å². The Kier molecular flexibility index (Phi) is 6.59. The van der Waals surface area contributed by atoms with Gasteiger partial charge in [-0.05, 0) is 50.2 Å². The predicted molar refractivity (Wildman–Crippen MR) is 124 cm³/mol. The Bertz CT molecular complexity index is 1160. The van der Waals surface area contributed by atoms with E-state index in [4.69, 9.17) is 9.47 Å². The predicted octanol–water partition coefficient (Wildman–Crippen LogP) is 5.81. The summed E-state index contributed by atoms with van der Waals surface area (Å²) in [6.07, 6.45) is 0. The zero-order chi connectivity index (χ0) is 21.6. The van der Waals surface area contributed by atoms with Gasteiger partial charge in [0.15, 0.2) is 0 Å². The van der Waals surface area contributed by atoms with Crippen molar-refractivity contribution in [1.29, 1.82) is 0 Å². The van der Waals surface area contributed by atoms with Crippen LogP contribution in [0.2, 0.25) is 0 Å². The van der Waals surface area contributed by atoms with E-state index in [0.29, 0.717) is 35.2 Å². The second-order valence-electron chi connectivity index (χ2n) is 6.61. The number of anilines is 1. The molecule has 2 heterocycles. The van der Waals surface area contributed by atoms with Gasteiger partial charge < -0.3 is 14.8 Å². The molecule has 8 heteroatoms. The van der Waals surface area contributed by atoms with Crippen molar-refractivity contribution in [3.8, 4) is 22.1 Å². The van der Waals surface area contributed by atoms with Crippen molar-refractivity contribution < 1.29 is 14.3 Å². The maximum Gasteiger partial charge on any atom is 0.267 e. The van der Waals surface area contributed by atoms with Gasteiger partial charge in [-0.15, -0.1) is 22.7 Å². The third-order valence-corrected chi connectivity index (χ3v) is 6.25. The van der Waals surface area contributed by atoms with Crippen LogP contribution in [-0.4, -0.2) is 22.5 Å². The minimum absolute atomic E-state index is 0.211. The molecule has 0 aliphatic rings. The standard InChI is InChI=1S/C23H21N3O3S2/c1-3-28-18-10-8-16(9-11-18)23-25-15(2)21(31-23)22(27)26-19-6-4-5-7-20(19)29-12-17-13-30-14-24-17/h4-11,13-14H,3,12H2,1-2H3,(H,26,27). The summed E-state index contributed by atoms with van der Waals surface area (Å²) in [6, 6.07) is 15.1. The van der Waals surface area contributed by atoms with Gasteiger partial charge in [0.05, 0.1) is 29.2 Å². The van der Waals surface area contributed by atoms with Crippen molar-refractivity contribution in [2.45, 2.75) is 20.5 Å². The average molecular weight is 452 g/mol. The molecule has 2 aromatic heterocycles. The molecule has 0 radical (unpaired) electrons. The van der Waals surface area contributed by atoms with Crippen LogP contribution in [0.15, 0.2) is 59.4 Å². The molecule has 1 amide bonds. The van der Waals surface area contributed by atoms with Crippen LogP contribution < -0.4 is 14.8 Å². The van der Waals surface area contributed by atoms with Gasteiger partial charge >= 0.3 is 0 Å². The van der Waals surface area contributed by atoms with Crippen molar-refractivity contribution >= 4 is 34.3 Å². The molecular formula is C23H21N3O3S2. The highest BCUT2D eigenvalue weighted by Crippen LogP contribution is 2.31. The highest BCUT2D eigenvalue weighted by atomic mass is 32.1. The van der Waals surface area contributed by atoms with Crippen LogP contribution in [0, 0.1) is 6.92 Å². The van der Waals surface area contributed by atoms with E-state index in [1.165, 1.54) is 22.7 Å². The summed E-state index contributed by atoms with van der Waals surface area (Å²) in [5.41, 5.74) is 4.86. The number of nitrogens with one attached hydrogen (secondary N) is 1. The zero-order valence-electron chi connectivity index (χ0n) is 17.1. The second-order valence-corrected chi connectivity index (χ2v) is 8.33. The molecule has 158 valence electrons. The van der Waals surface area contributed by atoms with E-state index in [1.807, 2.05) is 67.8 Å². The first kappa shape index (κ1) is 21.0. The van der Waals surface area contributed by atoms with Crippen molar-refractivity contribution in [3.05, 3.63) is 75.7 Å². The van der Waals surface area contributed by atoms with Crippen molar-refractivity contribution in [3.63, 3.8) is 0 Å². The van der Waals surface area contributed by atoms with E-state index in [1.54, 1.807) is 5.51 Å². The number of hydrogen-bond acceptors (Lipinski definition) is 7. The van der Waals surface area contributed by atoms with E-state index in [2.05, 4.69) is 15.3 Å². The maximum absolute atomic E-state index is 13.0. The van der Waals surface area contributed by atoms with Crippen molar-refractivity contribution in [2.24, 2.45) is 0 Å². The number of nitrogens with zero attached hydrogens (tertiary/aromatic N) is 2. The summed E-state index contributed by atoms with van der Waals surface area (Å²) in [5.74, 6) is 1.20. The molecule has 6 nitrogen and oxygen atoms in total. The van der Waals surface area contributed by atoms with Crippen molar-refractivity contribution in [1.82, 2.24) is 9.97 Å². The summed E-state index contributed by atoms with van der Waals surface area (Å²) in [5, 5.41) is 5.68. The van der Waals surface area contributed by atoms with Crippen LogP contribution in [0.4, 0.5) is 5.69 Å². The Morgan fingerprint density at radius 3 is 2.65 bits per heavy atom. The number of amides is 1. The molecule has 0 bridgehead atoms. The topological polar surface area (TPSA) is 73.3 Å². The van der Waals surface area contributed by atoms with Crippen LogP contribution >= 0.6 is 22.7 Å². The first-order valence-electron chi connectivity index (χ1n) is 9.75. The number of thiazole rings is 2. The Hall–Kier alpha value is -3.23. The van der Waals surface area contributed by atoms with Crippen LogP contribution in [0.5, 0.6) is 11.5 Å². The van der Waals surface area contributed by atoms with E-state index in [-0.39, 0.29) is 5.91 Å². The van der Waals surface area contributed by atoms with Crippen LogP contribution in [0.3, 0.4) is 0 Å². The van der Waals surface area contributed by atoms with Crippen molar-refractivity contribution in [2.75, 3.05) is 11.9 Å². The lowest BCUT2D eigenvalue weighted by Crippen LogP contribution is -2.12. The molecule has 1 N–H and O–H groups in total. The number of hydrogen-bond donors (Lipinski definition) is 1. The average Bonchev–Trinajstić information content (AvgIpc) is 3.44. The highest BCUT2D eigenvalue weighted by Gasteiger charge is 2.18. The van der Waals surface area contributed by atoms with Crippen LogP contribution in [0.1, 0.15) is 28.0 Å². The summed E-state index contributed by atoms with van der Waals surface area (Å²) >= 11 is 2.88. The minimum Gasteiger partial charge on any atom is -0.494 e. The third kappa shape index (κ3) is 5.10. The summed E-state index contributed by atoms with van der Waals surface area (Å²) in [4.78, 5) is 22.4. The number of carbonyl (C=O) groups is 1. The number of carbonyl (C=O) groups excluding carboxylic acids is 1. The summed E-state index contributed by atoms with van der Waals surface area (Å²) in [6.45, 7) is 4.76. The van der Waals surface area contributed by atoms with E-state index in [0.717, 1.165) is 22.0 Å². The molecule has 0 aliphatic heterocycles. The first-order chi connectivity index (χ1) is 15.1. The van der Waals surface area contributed by atoms with E-state index < -0.39 is 0 Å². The lowest BCUT2D eigenvalue weighted by Gasteiger charge is -2.11. The van der Waals surface area contributed by atoms with E-state index >= 15 is 0 Å². The number of aryl methyl sites for hydroxylation is 1. The second kappa shape index (κ2) is 9.72. The van der Waals surface area contributed by atoms with Gasteiger partial charge in [0.2, 0.25) is 0 Å². The number of rotatable bonds is 8. The van der Waals surface area contributed by atoms with Gasteiger partial charge in [0.1, 0.15) is 28.0 Å². The molecule has 0 saturated carbocycles. The minimum atomic E-state index is -0.211. The molecule has 0 spiro atoms. The maximum atomic E-state index is 13.0. The molecule has 0 unspecified atom stereocenters. The molecule has 0 saturated heterocycles. The molecule has 2 aromatic carbocycles. The molecule has 4 aromatic rings. The molecule has 4 rings (SSSR count). The monoisotopic (exact) mass is 451 g/mol. The zero-order valence-corrected chi connectivity index (χ0v) is 18.8. The smallest absolute Gasteiger partial charge is 0.267 e. The lowest BCUT2D eigenvalue weighted by molar-refractivity contribution is 0.102. The fourth-order valence-electron chi connectivity index (χ4n) is 2.93. The summed E-state index contributed by atoms with van der Waals surface area (Å²) < 4.78 is 11.3. The van der Waals surface area contributed by atoms with Gasteiger partial charge in [-0.25, -0.2) is 9.97 Å². The quantitative estimate of drug-likeness (QED) is 0.366. The molecule has 0 fully saturated rings. The van der Waals surface area contributed by atoms with Gasteiger partial charge in [0.25, 0.3) is 5.91 Å². The SMILES string of the molecule is CCOc1ccc(-c2nc(C)c(C(=O)Nc3ccccc3OCc3cscn3)s2)cc1. The van der Waals surface area contributed by atoms with Gasteiger partial charge in [-0.2, -0.15) is 0 Å². The number of aromatic nitrogens is 2. The number of para-hydroxylation sites is 2. The fraction of sp³-hybridized carbons (Fsp3) is 0.174. The van der Waals surface area contributed by atoms with E-state index in [9.17, 15) is 4.79 Å². The fourth-order valence-corrected chi connectivity index (χ4v) is 4.44. The first-order valence-corrected chi connectivity index (χ1v) is 11.5. The molecule has 0 aliphatic carbocycles. The number of ether oxygens (including phenoxy) is 2. The van der Waals surface area contributed by atoms with Gasteiger partial charge in [0, 0.05) is 10.9 Å². The Morgan fingerprint density at radius 2 is 1.90 bits per heavy atom. The Morgan fingerprint density at radius 1 is 1.10 bits per heavy atom. The Labute approximate surface area is 188 Å². The number of benzene rings is 2. The highest BCUT2D eigenvalue weighted by molar-refractivity contribution is 7.17. The Balaban J connectivity index is 1.49. The van der Waals surface area contributed by atoms with Gasteiger partial charge in [-0.3, -0.25) is 4.79 Å². The molecule has 0 atom stereocenters. The van der Waals surface area contributed by atoms with Crippen LogP contribution in [-0.2, 0) is 6.61 Å². The third-order valence-electron chi connectivity index (χ3n) is 4.41. The van der Waals surface area contributed by atoms with Gasteiger partial charge in [-0.1, -0.05) is 12.1 Å². The lowest BCUT2D eigenvalue weighted by atomic mass is 10.2. The largest absolute Gasteiger partial charge is 0.494 e. The molecular weight excluding hydrogens is 430 g/mol. The summed E-state index contributed by atoms with van der Waals surface area (Å²) in [7, 11) is 0. The molecule has 31 heavy (non-hydrogen) atoms.